The lowest BCUT2D eigenvalue weighted by Gasteiger charge is -2.30. The van der Waals surface area contributed by atoms with Gasteiger partial charge in [0.25, 0.3) is 0 Å². The normalized spacial score (nSPS) is 19.2. The Kier molecular flexibility index (Phi) is 7.38. The highest BCUT2D eigenvalue weighted by molar-refractivity contribution is 6.00. The third kappa shape index (κ3) is 5.90. The van der Waals surface area contributed by atoms with Crippen LogP contribution in [0, 0.1) is 5.92 Å². The molecule has 8 heteroatoms. The maximum Gasteiger partial charge on any atom is 0.417 e. The number of hydrogen-bond donors (Lipinski definition) is 1. The van der Waals surface area contributed by atoms with E-state index in [4.69, 9.17) is 14.2 Å². The largest absolute Gasteiger partial charge is 0.497 e. The molecule has 0 aliphatic carbocycles. The van der Waals surface area contributed by atoms with Crippen LogP contribution in [0.25, 0.3) is 0 Å². The van der Waals surface area contributed by atoms with Crippen LogP contribution in [0.2, 0.25) is 0 Å². The summed E-state index contributed by atoms with van der Waals surface area (Å²) in [6.07, 6.45) is -2.36. The standard InChI is InChI=1S/C25H29NO7/c1-25(2,3)33-23(29)21-19(22(28)17-10-12-18(31-4)13-11-17)14-20(27)26(21)24(30)32-15-16-8-6-5-7-9-16/h5-13,19,21-22,28H,14-15H2,1-4H3/t19-,21-,22?/m0/s1. The predicted molar refractivity (Wildman–Crippen MR) is 119 cm³/mol. The number of aliphatic hydroxyl groups is 1. The molecule has 0 saturated carbocycles. The zero-order valence-corrected chi connectivity index (χ0v) is 19.2. The van der Waals surface area contributed by atoms with Crippen LogP contribution in [0.5, 0.6) is 5.75 Å². The second kappa shape index (κ2) is 10.0. The van der Waals surface area contributed by atoms with Gasteiger partial charge in [0.2, 0.25) is 5.91 Å². The topological polar surface area (TPSA) is 102 Å². The molecular formula is C25H29NO7. The van der Waals surface area contributed by atoms with Crippen molar-refractivity contribution in [2.45, 2.75) is 51.5 Å². The summed E-state index contributed by atoms with van der Waals surface area (Å²) >= 11 is 0. The Bertz CT molecular complexity index is 982. The zero-order chi connectivity index (χ0) is 24.2. The van der Waals surface area contributed by atoms with Crippen LogP contribution in [0.15, 0.2) is 54.6 Å². The van der Waals surface area contributed by atoms with Crippen molar-refractivity contribution >= 4 is 18.0 Å². The second-order valence-corrected chi connectivity index (χ2v) is 8.87. The molecule has 1 heterocycles. The van der Waals surface area contributed by atoms with Gasteiger partial charge in [-0.05, 0) is 44.0 Å². The number of ether oxygens (including phenoxy) is 3. The summed E-state index contributed by atoms with van der Waals surface area (Å²) in [6.45, 7) is 5.01. The lowest BCUT2D eigenvalue weighted by molar-refractivity contribution is -0.163. The van der Waals surface area contributed by atoms with Crippen LogP contribution in [0.3, 0.4) is 0 Å². The van der Waals surface area contributed by atoms with Crippen LogP contribution in [0.4, 0.5) is 4.79 Å². The molecule has 0 spiro atoms. The number of esters is 1. The van der Waals surface area contributed by atoms with E-state index in [1.54, 1.807) is 69.3 Å². The van der Waals surface area contributed by atoms with Crippen molar-refractivity contribution in [1.29, 1.82) is 0 Å². The second-order valence-electron chi connectivity index (χ2n) is 8.87. The van der Waals surface area contributed by atoms with Crippen molar-refractivity contribution in [2.75, 3.05) is 7.11 Å². The third-order valence-electron chi connectivity index (χ3n) is 5.28. The smallest absolute Gasteiger partial charge is 0.417 e. The van der Waals surface area contributed by atoms with Gasteiger partial charge in [-0.15, -0.1) is 0 Å². The maximum atomic E-state index is 13.1. The summed E-state index contributed by atoms with van der Waals surface area (Å²) < 4.78 is 15.9. The number of imide groups is 1. The minimum atomic E-state index is -1.32. The van der Waals surface area contributed by atoms with Crippen LogP contribution < -0.4 is 4.74 Å². The first kappa shape index (κ1) is 24.3. The fraction of sp³-hybridized carbons (Fsp3) is 0.400. The molecule has 0 aromatic heterocycles. The number of likely N-dealkylation sites (tertiary alicyclic amines) is 1. The molecule has 3 atom stereocenters. The number of methoxy groups -OCH3 is 1. The quantitative estimate of drug-likeness (QED) is 0.664. The van der Waals surface area contributed by atoms with Crippen molar-refractivity contribution < 1.29 is 33.7 Å². The summed E-state index contributed by atoms with van der Waals surface area (Å²) in [4.78, 5) is 39.6. The summed E-state index contributed by atoms with van der Waals surface area (Å²) in [7, 11) is 1.53. The van der Waals surface area contributed by atoms with Gasteiger partial charge in [0.05, 0.1) is 13.2 Å². The van der Waals surface area contributed by atoms with E-state index in [1.807, 2.05) is 6.07 Å². The van der Waals surface area contributed by atoms with E-state index < -0.39 is 41.6 Å². The molecule has 0 bridgehead atoms. The molecule has 33 heavy (non-hydrogen) atoms. The fourth-order valence-electron chi connectivity index (χ4n) is 3.74. The van der Waals surface area contributed by atoms with E-state index in [0.29, 0.717) is 11.3 Å². The molecule has 3 rings (SSSR count). The molecule has 176 valence electrons. The summed E-state index contributed by atoms with van der Waals surface area (Å²) in [5.41, 5.74) is 0.376. The van der Waals surface area contributed by atoms with Gasteiger partial charge in [-0.25, -0.2) is 14.5 Å². The Morgan fingerprint density at radius 3 is 2.30 bits per heavy atom. The molecular weight excluding hydrogens is 426 g/mol. The number of carbonyl (C=O) groups is 3. The van der Waals surface area contributed by atoms with Gasteiger partial charge in [-0.3, -0.25) is 4.79 Å². The number of nitrogens with zero attached hydrogens (tertiary/aromatic N) is 1. The molecule has 0 radical (unpaired) electrons. The van der Waals surface area contributed by atoms with Gasteiger partial charge >= 0.3 is 12.1 Å². The number of amides is 2. The number of rotatable bonds is 6. The van der Waals surface area contributed by atoms with Gasteiger partial charge in [-0.1, -0.05) is 42.5 Å². The van der Waals surface area contributed by atoms with Crippen molar-refractivity contribution in [3.05, 3.63) is 65.7 Å². The van der Waals surface area contributed by atoms with E-state index >= 15 is 0 Å². The molecule has 1 unspecified atom stereocenters. The van der Waals surface area contributed by atoms with Gasteiger partial charge in [0.15, 0.2) is 0 Å². The minimum absolute atomic E-state index is 0.0593. The highest BCUT2D eigenvalue weighted by Crippen LogP contribution is 2.38. The summed E-state index contributed by atoms with van der Waals surface area (Å²) in [5, 5.41) is 11.0. The number of benzene rings is 2. The molecule has 1 aliphatic rings. The number of aliphatic hydroxyl groups excluding tert-OH is 1. The molecule has 2 amide bonds. The lowest BCUT2D eigenvalue weighted by atomic mass is 9.89. The van der Waals surface area contributed by atoms with Gasteiger partial charge in [-0.2, -0.15) is 0 Å². The highest BCUT2D eigenvalue weighted by Gasteiger charge is 2.52. The average molecular weight is 456 g/mol. The van der Waals surface area contributed by atoms with Crippen LogP contribution >= 0.6 is 0 Å². The van der Waals surface area contributed by atoms with Gasteiger partial charge in [0.1, 0.15) is 24.0 Å². The van der Waals surface area contributed by atoms with E-state index in [9.17, 15) is 19.5 Å². The molecule has 2 aromatic rings. The van der Waals surface area contributed by atoms with Gasteiger partial charge < -0.3 is 19.3 Å². The molecule has 1 fully saturated rings. The predicted octanol–water partition coefficient (Wildman–Crippen LogP) is 3.62. The lowest BCUT2D eigenvalue weighted by Crippen LogP contribution is -2.48. The van der Waals surface area contributed by atoms with E-state index in [-0.39, 0.29) is 13.0 Å². The average Bonchev–Trinajstić information content (AvgIpc) is 3.14. The fourth-order valence-corrected chi connectivity index (χ4v) is 3.74. The first-order valence-electron chi connectivity index (χ1n) is 10.7. The number of hydrogen-bond acceptors (Lipinski definition) is 7. The summed E-state index contributed by atoms with van der Waals surface area (Å²) in [6, 6.07) is 14.3. The van der Waals surface area contributed by atoms with E-state index in [0.717, 1.165) is 10.5 Å². The van der Waals surface area contributed by atoms with Crippen molar-refractivity contribution in [3.8, 4) is 5.75 Å². The molecule has 1 N–H and O–H groups in total. The first-order valence-corrected chi connectivity index (χ1v) is 10.7. The number of carbonyl (C=O) groups excluding carboxylic acids is 3. The Labute approximate surface area is 193 Å². The molecule has 1 aliphatic heterocycles. The van der Waals surface area contributed by atoms with Crippen molar-refractivity contribution in [3.63, 3.8) is 0 Å². The SMILES string of the molecule is COc1ccc(C(O)[C@H]2CC(=O)N(C(=O)OCc3ccccc3)[C@@H]2C(=O)OC(C)(C)C)cc1. The molecule has 8 nitrogen and oxygen atoms in total. The van der Waals surface area contributed by atoms with Gasteiger partial charge in [0, 0.05) is 12.3 Å². The van der Waals surface area contributed by atoms with E-state index in [1.165, 1.54) is 7.11 Å². The summed E-state index contributed by atoms with van der Waals surface area (Å²) in [5.74, 6) is -1.68. The Morgan fingerprint density at radius 1 is 1.09 bits per heavy atom. The Balaban J connectivity index is 1.86. The van der Waals surface area contributed by atoms with Crippen LogP contribution in [0.1, 0.15) is 44.4 Å². The maximum absolute atomic E-state index is 13.1. The minimum Gasteiger partial charge on any atom is -0.497 e. The Morgan fingerprint density at radius 2 is 1.73 bits per heavy atom. The highest BCUT2D eigenvalue weighted by atomic mass is 16.6. The first-order chi connectivity index (χ1) is 15.6. The third-order valence-corrected chi connectivity index (χ3v) is 5.28. The molecule has 2 aromatic carbocycles. The van der Waals surface area contributed by atoms with Crippen LogP contribution in [-0.4, -0.2) is 46.7 Å². The van der Waals surface area contributed by atoms with Crippen LogP contribution in [-0.2, 0) is 25.7 Å². The van der Waals surface area contributed by atoms with Crippen molar-refractivity contribution in [1.82, 2.24) is 4.90 Å². The Hall–Kier alpha value is -3.39. The van der Waals surface area contributed by atoms with Crippen molar-refractivity contribution in [2.24, 2.45) is 5.92 Å². The van der Waals surface area contributed by atoms with E-state index in [2.05, 4.69) is 0 Å². The molecule has 1 saturated heterocycles. The zero-order valence-electron chi connectivity index (χ0n) is 19.2. The monoisotopic (exact) mass is 455 g/mol.